The van der Waals surface area contributed by atoms with Crippen LogP contribution in [0, 0.1) is 0 Å². The van der Waals surface area contributed by atoms with Crippen LogP contribution < -0.4 is 0 Å². The quantitative estimate of drug-likeness (QED) is 0.446. The van der Waals surface area contributed by atoms with E-state index < -0.39 is 0 Å². The van der Waals surface area contributed by atoms with Crippen molar-refractivity contribution < 1.29 is 0 Å². The van der Waals surface area contributed by atoms with Crippen molar-refractivity contribution in [1.29, 1.82) is 0 Å². The van der Waals surface area contributed by atoms with Gasteiger partial charge < -0.3 is 0 Å². The summed E-state index contributed by atoms with van der Waals surface area (Å²) in [6.07, 6.45) is 11.1. The normalized spacial score (nSPS) is 19.0. The van der Waals surface area contributed by atoms with Crippen LogP contribution >= 0.6 is 0 Å². The van der Waals surface area contributed by atoms with E-state index in [0.717, 1.165) is 12.8 Å². The van der Waals surface area contributed by atoms with E-state index in [1.165, 1.54) is 11.1 Å². The van der Waals surface area contributed by atoms with Crippen molar-refractivity contribution >= 4 is 0 Å². The standard InChI is InChI=1S/C10H14/c1-9-7-5-3-4-6-8-10(9)2/h3-4,7-8H,5-6H2,1-2H3. The van der Waals surface area contributed by atoms with Gasteiger partial charge in [-0.25, -0.2) is 0 Å². The lowest BCUT2D eigenvalue weighted by atomic mass is 10.0. The van der Waals surface area contributed by atoms with E-state index in [2.05, 4.69) is 38.2 Å². The highest BCUT2D eigenvalue weighted by Gasteiger charge is 1.92. The van der Waals surface area contributed by atoms with Crippen LogP contribution in [-0.4, -0.2) is 0 Å². The van der Waals surface area contributed by atoms with Gasteiger partial charge in [0.25, 0.3) is 0 Å². The molecule has 0 aromatic heterocycles. The Morgan fingerprint density at radius 1 is 0.900 bits per heavy atom. The van der Waals surface area contributed by atoms with Gasteiger partial charge in [0.1, 0.15) is 0 Å². The Morgan fingerprint density at radius 3 is 1.70 bits per heavy atom. The van der Waals surface area contributed by atoms with Crippen molar-refractivity contribution in [2.45, 2.75) is 26.7 Å². The third-order valence-corrected chi connectivity index (χ3v) is 1.91. The Labute approximate surface area is 62.9 Å². The topological polar surface area (TPSA) is 0 Å². The first kappa shape index (κ1) is 7.33. The molecule has 0 saturated heterocycles. The third-order valence-electron chi connectivity index (χ3n) is 1.91. The molecule has 0 nitrogen and oxygen atoms in total. The summed E-state index contributed by atoms with van der Waals surface area (Å²) in [5.74, 6) is 0. The van der Waals surface area contributed by atoms with E-state index >= 15 is 0 Å². The minimum absolute atomic E-state index is 1.09. The van der Waals surface area contributed by atoms with Crippen molar-refractivity contribution in [2.24, 2.45) is 0 Å². The van der Waals surface area contributed by atoms with Gasteiger partial charge in [-0.2, -0.15) is 0 Å². The molecule has 0 unspecified atom stereocenters. The second kappa shape index (κ2) is 3.40. The maximum absolute atomic E-state index is 2.27. The molecule has 0 heterocycles. The summed E-state index contributed by atoms with van der Waals surface area (Å²) in [7, 11) is 0. The minimum Gasteiger partial charge on any atom is -0.0844 e. The number of hydrogen-bond acceptors (Lipinski definition) is 0. The van der Waals surface area contributed by atoms with E-state index in [1.807, 2.05) is 0 Å². The molecule has 1 rings (SSSR count). The van der Waals surface area contributed by atoms with Gasteiger partial charge >= 0.3 is 0 Å². The molecule has 54 valence electrons. The van der Waals surface area contributed by atoms with Gasteiger partial charge in [-0.1, -0.05) is 35.5 Å². The van der Waals surface area contributed by atoms with E-state index in [4.69, 9.17) is 0 Å². The van der Waals surface area contributed by atoms with Gasteiger partial charge in [-0.3, -0.25) is 0 Å². The zero-order valence-corrected chi connectivity index (χ0v) is 6.72. The highest BCUT2D eigenvalue weighted by atomic mass is 14.0. The molecule has 0 aromatic carbocycles. The summed E-state index contributed by atoms with van der Waals surface area (Å²) in [5, 5.41) is 0. The average Bonchev–Trinajstić information content (AvgIpc) is 1.92. The van der Waals surface area contributed by atoms with E-state index in [0.29, 0.717) is 0 Å². The second-order valence-electron chi connectivity index (χ2n) is 2.72. The zero-order chi connectivity index (χ0) is 7.40. The average molecular weight is 134 g/mol. The fourth-order valence-electron chi connectivity index (χ4n) is 1.00. The Kier molecular flexibility index (Phi) is 2.49. The summed E-state index contributed by atoms with van der Waals surface area (Å²) >= 11 is 0. The molecule has 0 aliphatic heterocycles. The second-order valence-corrected chi connectivity index (χ2v) is 2.72. The largest absolute Gasteiger partial charge is 0.0844 e. The molecule has 0 aromatic rings. The van der Waals surface area contributed by atoms with Crippen molar-refractivity contribution in [3.63, 3.8) is 0 Å². The number of allylic oxidation sites excluding steroid dienone is 6. The monoisotopic (exact) mass is 134 g/mol. The molecule has 0 bridgehead atoms. The van der Waals surface area contributed by atoms with Crippen molar-refractivity contribution in [3.05, 3.63) is 35.5 Å². The molecule has 1 aliphatic carbocycles. The van der Waals surface area contributed by atoms with E-state index in [1.54, 1.807) is 0 Å². The first-order chi connectivity index (χ1) is 4.80. The molecule has 0 heteroatoms. The molecule has 0 saturated carbocycles. The number of hydrogen-bond donors (Lipinski definition) is 0. The van der Waals surface area contributed by atoms with Gasteiger partial charge in [-0.15, -0.1) is 0 Å². The molecular formula is C10H14. The first-order valence-corrected chi connectivity index (χ1v) is 3.79. The van der Waals surface area contributed by atoms with Crippen molar-refractivity contribution in [1.82, 2.24) is 0 Å². The molecule has 0 radical (unpaired) electrons. The lowest BCUT2D eigenvalue weighted by Gasteiger charge is -2.01. The highest BCUT2D eigenvalue weighted by Crippen LogP contribution is 2.12. The molecule has 10 heavy (non-hydrogen) atoms. The lowest BCUT2D eigenvalue weighted by molar-refractivity contribution is 1.19. The molecule has 0 fully saturated rings. The van der Waals surface area contributed by atoms with Crippen LogP contribution in [0.3, 0.4) is 0 Å². The van der Waals surface area contributed by atoms with Gasteiger partial charge in [0, 0.05) is 0 Å². The highest BCUT2D eigenvalue weighted by molar-refractivity contribution is 5.29. The van der Waals surface area contributed by atoms with Crippen molar-refractivity contribution in [2.75, 3.05) is 0 Å². The molecule has 0 amide bonds. The van der Waals surface area contributed by atoms with Crippen molar-refractivity contribution in [3.8, 4) is 0 Å². The molecule has 0 spiro atoms. The summed E-state index contributed by atoms with van der Waals surface area (Å²) in [5.41, 5.74) is 2.84. The maximum atomic E-state index is 2.27. The smallest absolute Gasteiger partial charge is 0.0163 e. The predicted molar refractivity (Wildman–Crippen MR) is 45.9 cm³/mol. The lowest BCUT2D eigenvalue weighted by Crippen LogP contribution is -1.81. The molecular weight excluding hydrogens is 120 g/mol. The van der Waals surface area contributed by atoms with Crippen LogP contribution in [0.25, 0.3) is 0 Å². The summed E-state index contributed by atoms with van der Waals surface area (Å²) in [6, 6.07) is 0. The number of rotatable bonds is 0. The van der Waals surface area contributed by atoms with Gasteiger partial charge in [-0.05, 0) is 26.7 Å². The van der Waals surface area contributed by atoms with Gasteiger partial charge in [0.15, 0.2) is 0 Å². The van der Waals surface area contributed by atoms with Crippen LogP contribution in [0.5, 0.6) is 0 Å². The predicted octanol–water partition coefficient (Wildman–Crippen LogP) is 3.23. The van der Waals surface area contributed by atoms with E-state index in [-0.39, 0.29) is 0 Å². The summed E-state index contributed by atoms with van der Waals surface area (Å²) < 4.78 is 0. The van der Waals surface area contributed by atoms with Crippen LogP contribution in [0.1, 0.15) is 26.7 Å². The van der Waals surface area contributed by atoms with Gasteiger partial charge in [0.05, 0.1) is 0 Å². The minimum atomic E-state index is 1.09. The third kappa shape index (κ3) is 1.87. The first-order valence-electron chi connectivity index (χ1n) is 3.79. The summed E-state index contributed by atoms with van der Waals surface area (Å²) in [4.78, 5) is 0. The zero-order valence-electron chi connectivity index (χ0n) is 6.72. The Hall–Kier alpha value is -0.780. The van der Waals surface area contributed by atoms with Crippen LogP contribution in [0.4, 0.5) is 0 Å². The molecule has 0 atom stereocenters. The van der Waals surface area contributed by atoms with Crippen LogP contribution in [-0.2, 0) is 0 Å². The fourth-order valence-corrected chi connectivity index (χ4v) is 1.00. The Balaban J connectivity index is 2.79. The maximum Gasteiger partial charge on any atom is -0.0163 e. The van der Waals surface area contributed by atoms with E-state index in [9.17, 15) is 0 Å². The van der Waals surface area contributed by atoms with Gasteiger partial charge in [0.2, 0.25) is 0 Å². The molecule has 0 N–H and O–H groups in total. The Bertz CT molecular complexity index is 170. The SMILES string of the molecule is CC1=CCC=CCC=C1C. The van der Waals surface area contributed by atoms with Crippen LogP contribution in [0.15, 0.2) is 35.5 Å². The summed E-state index contributed by atoms with van der Waals surface area (Å²) in [6.45, 7) is 4.34. The Morgan fingerprint density at radius 2 is 1.30 bits per heavy atom. The fraction of sp³-hybridized carbons (Fsp3) is 0.400. The van der Waals surface area contributed by atoms with Crippen LogP contribution in [0.2, 0.25) is 0 Å². The molecule has 1 aliphatic rings.